The molecule has 0 aromatic carbocycles. The van der Waals surface area contributed by atoms with Crippen molar-refractivity contribution >= 4 is 6.09 Å². The maximum absolute atomic E-state index is 12.0. The molecule has 2 aliphatic heterocycles. The minimum Gasteiger partial charge on any atom is -0.444 e. The molecule has 2 rings (SSSR count). The van der Waals surface area contributed by atoms with Gasteiger partial charge >= 0.3 is 6.09 Å². The molecule has 6 nitrogen and oxygen atoms in total. The van der Waals surface area contributed by atoms with Gasteiger partial charge in [0.1, 0.15) is 5.60 Å². The summed E-state index contributed by atoms with van der Waals surface area (Å²) in [5.41, 5.74) is -0.428. The van der Waals surface area contributed by atoms with Gasteiger partial charge in [-0.3, -0.25) is 0 Å². The van der Waals surface area contributed by atoms with Crippen LogP contribution in [0.25, 0.3) is 0 Å². The minimum atomic E-state index is -0.428. The van der Waals surface area contributed by atoms with Crippen LogP contribution in [0.2, 0.25) is 0 Å². The van der Waals surface area contributed by atoms with E-state index < -0.39 is 5.60 Å². The van der Waals surface area contributed by atoms with Gasteiger partial charge in [-0.05, 0) is 46.6 Å². The lowest BCUT2D eigenvalue weighted by Gasteiger charge is -2.33. The summed E-state index contributed by atoms with van der Waals surface area (Å²) >= 11 is 0. The molecule has 2 heterocycles. The van der Waals surface area contributed by atoms with Gasteiger partial charge < -0.3 is 24.4 Å². The first kappa shape index (κ1) is 17.5. The van der Waals surface area contributed by atoms with Crippen molar-refractivity contribution in [2.75, 3.05) is 39.5 Å². The second-order valence-electron chi connectivity index (χ2n) is 7.08. The highest BCUT2D eigenvalue weighted by molar-refractivity contribution is 5.68. The summed E-state index contributed by atoms with van der Waals surface area (Å²) in [4.78, 5) is 13.7. The predicted molar refractivity (Wildman–Crippen MR) is 84.0 cm³/mol. The van der Waals surface area contributed by atoms with Gasteiger partial charge in [-0.1, -0.05) is 0 Å². The van der Waals surface area contributed by atoms with Crippen molar-refractivity contribution in [3.05, 3.63) is 0 Å². The SMILES string of the molecule is CC(C)(C)OC(=O)N1CCC(OCCCNC2COC2)CC1. The third-order valence-corrected chi connectivity index (χ3v) is 3.84. The number of carbonyl (C=O) groups excluding carboxylic acids is 1. The van der Waals surface area contributed by atoms with E-state index in [1.807, 2.05) is 20.8 Å². The van der Waals surface area contributed by atoms with Crippen molar-refractivity contribution in [3.63, 3.8) is 0 Å². The molecule has 6 heteroatoms. The molecule has 0 unspecified atom stereocenters. The summed E-state index contributed by atoms with van der Waals surface area (Å²) in [6.45, 7) is 10.5. The summed E-state index contributed by atoms with van der Waals surface area (Å²) in [7, 11) is 0. The molecule has 0 radical (unpaired) electrons. The molecule has 1 amide bonds. The van der Waals surface area contributed by atoms with E-state index in [4.69, 9.17) is 14.2 Å². The Balaban J connectivity index is 1.52. The van der Waals surface area contributed by atoms with E-state index in [9.17, 15) is 4.79 Å². The number of piperidine rings is 1. The molecule has 0 saturated carbocycles. The second kappa shape index (κ2) is 8.13. The first-order chi connectivity index (χ1) is 10.4. The maximum atomic E-state index is 12.0. The van der Waals surface area contributed by atoms with Crippen LogP contribution >= 0.6 is 0 Å². The summed E-state index contributed by atoms with van der Waals surface area (Å²) in [6, 6.07) is 0.539. The maximum Gasteiger partial charge on any atom is 0.410 e. The van der Waals surface area contributed by atoms with Crippen molar-refractivity contribution in [2.45, 2.75) is 57.8 Å². The molecule has 0 aromatic rings. The van der Waals surface area contributed by atoms with Crippen LogP contribution < -0.4 is 5.32 Å². The van der Waals surface area contributed by atoms with Crippen molar-refractivity contribution in [2.24, 2.45) is 0 Å². The van der Waals surface area contributed by atoms with E-state index in [-0.39, 0.29) is 12.2 Å². The highest BCUT2D eigenvalue weighted by Crippen LogP contribution is 2.17. The number of nitrogens with one attached hydrogen (secondary N) is 1. The fourth-order valence-corrected chi connectivity index (χ4v) is 2.51. The van der Waals surface area contributed by atoms with E-state index in [0.29, 0.717) is 6.04 Å². The number of carbonyl (C=O) groups is 1. The zero-order chi connectivity index (χ0) is 16.0. The molecule has 22 heavy (non-hydrogen) atoms. The quantitative estimate of drug-likeness (QED) is 0.757. The lowest BCUT2D eigenvalue weighted by molar-refractivity contribution is -0.0165. The molecule has 2 saturated heterocycles. The van der Waals surface area contributed by atoms with Gasteiger partial charge in [-0.25, -0.2) is 4.79 Å². The largest absolute Gasteiger partial charge is 0.444 e. The fraction of sp³-hybridized carbons (Fsp3) is 0.938. The van der Waals surface area contributed by atoms with Crippen molar-refractivity contribution in [3.8, 4) is 0 Å². The Morgan fingerprint density at radius 1 is 1.27 bits per heavy atom. The van der Waals surface area contributed by atoms with E-state index >= 15 is 0 Å². The number of amides is 1. The summed E-state index contributed by atoms with van der Waals surface area (Å²) in [6.07, 6.45) is 2.86. The normalized spacial score (nSPS) is 20.8. The van der Waals surface area contributed by atoms with E-state index in [0.717, 1.165) is 58.7 Å². The van der Waals surface area contributed by atoms with E-state index in [1.165, 1.54) is 0 Å². The standard InChI is InChI=1S/C16H30N2O4/c1-16(2,3)22-15(19)18-8-5-14(6-9-18)21-10-4-7-17-13-11-20-12-13/h13-14,17H,4-12H2,1-3H3. The molecule has 128 valence electrons. The molecule has 1 N–H and O–H groups in total. The van der Waals surface area contributed by atoms with Crippen molar-refractivity contribution in [1.82, 2.24) is 10.2 Å². The first-order valence-electron chi connectivity index (χ1n) is 8.35. The minimum absolute atomic E-state index is 0.210. The Bertz CT molecular complexity index is 345. The third kappa shape index (κ3) is 6.10. The van der Waals surface area contributed by atoms with Gasteiger partial charge in [0.2, 0.25) is 0 Å². The topological polar surface area (TPSA) is 60.0 Å². The van der Waals surface area contributed by atoms with Crippen LogP contribution in [-0.2, 0) is 14.2 Å². The molecule has 2 fully saturated rings. The van der Waals surface area contributed by atoms with Crippen LogP contribution in [0.3, 0.4) is 0 Å². The molecule has 0 atom stereocenters. The Morgan fingerprint density at radius 2 is 1.95 bits per heavy atom. The number of hydrogen-bond donors (Lipinski definition) is 1. The van der Waals surface area contributed by atoms with Crippen LogP contribution in [0.15, 0.2) is 0 Å². The van der Waals surface area contributed by atoms with Gasteiger partial charge in [0.05, 0.1) is 25.4 Å². The zero-order valence-corrected chi connectivity index (χ0v) is 14.1. The van der Waals surface area contributed by atoms with Gasteiger partial charge in [0.25, 0.3) is 0 Å². The number of ether oxygens (including phenoxy) is 3. The Kier molecular flexibility index (Phi) is 6.47. The molecule has 0 bridgehead atoms. The van der Waals surface area contributed by atoms with Crippen molar-refractivity contribution < 1.29 is 19.0 Å². The second-order valence-corrected chi connectivity index (χ2v) is 7.08. The lowest BCUT2D eigenvalue weighted by atomic mass is 10.1. The van der Waals surface area contributed by atoms with Crippen LogP contribution in [0.1, 0.15) is 40.0 Å². The molecule has 0 aromatic heterocycles. The Labute approximate surface area is 133 Å². The summed E-state index contributed by atoms with van der Waals surface area (Å²) in [5, 5.41) is 3.43. The Morgan fingerprint density at radius 3 is 2.50 bits per heavy atom. The van der Waals surface area contributed by atoms with Gasteiger partial charge in [-0.15, -0.1) is 0 Å². The Hall–Kier alpha value is -0.850. The summed E-state index contributed by atoms with van der Waals surface area (Å²) in [5.74, 6) is 0. The summed E-state index contributed by atoms with van der Waals surface area (Å²) < 4.78 is 16.4. The smallest absolute Gasteiger partial charge is 0.410 e. The monoisotopic (exact) mass is 314 g/mol. The van der Waals surface area contributed by atoms with Gasteiger partial charge in [0.15, 0.2) is 0 Å². The number of hydrogen-bond acceptors (Lipinski definition) is 5. The van der Waals surface area contributed by atoms with Crippen LogP contribution in [0.4, 0.5) is 4.79 Å². The van der Waals surface area contributed by atoms with Gasteiger partial charge in [0, 0.05) is 19.7 Å². The number of likely N-dealkylation sites (tertiary alicyclic amines) is 1. The third-order valence-electron chi connectivity index (χ3n) is 3.84. The molecular formula is C16H30N2O4. The highest BCUT2D eigenvalue weighted by atomic mass is 16.6. The average molecular weight is 314 g/mol. The van der Waals surface area contributed by atoms with E-state index in [2.05, 4.69) is 5.32 Å². The van der Waals surface area contributed by atoms with Crippen LogP contribution in [0, 0.1) is 0 Å². The molecule has 2 aliphatic rings. The van der Waals surface area contributed by atoms with Crippen LogP contribution in [0.5, 0.6) is 0 Å². The number of rotatable bonds is 6. The lowest BCUT2D eigenvalue weighted by Crippen LogP contribution is -2.46. The fourth-order valence-electron chi connectivity index (χ4n) is 2.51. The number of nitrogens with zero attached hydrogens (tertiary/aromatic N) is 1. The van der Waals surface area contributed by atoms with Gasteiger partial charge in [-0.2, -0.15) is 0 Å². The predicted octanol–water partition coefficient (Wildman–Crippen LogP) is 1.78. The average Bonchev–Trinajstić information content (AvgIpc) is 2.39. The van der Waals surface area contributed by atoms with E-state index in [1.54, 1.807) is 4.90 Å². The van der Waals surface area contributed by atoms with Crippen molar-refractivity contribution in [1.29, 1.82) is 0 Å². The molecule has 0 spiro atoms. The highest BCUT2D eigenvalue weighted by Gasteiger charge is 2.27. The molecular weight excluding hydrogens is 284 g/mol. The zero-order valence-electron chi connectivity index (χ0n) is 14.1. The first-order valence-corrected chi connectivity index (χ1v) is 8.35. The molecule has 0 aliphatic carbocycles. The van der Waals surface area contributed by atoms with Crippen LogP contribution in [-0.4, -0.2) is 68.2 Å².